The lowest BCUT2D eigenvalue weighted by Crippen LogP contribution is -2.02. The van der Waals surface area contributed by atoms with Crippen LogP contribution >= 0.6 is 23.2 Å². The maximum Gasteiger partial charge on any atom is 0.289 e. The van der Waals surface area contributed by atoms with Crippen molar-refractivity contribution in [2.24, 2.45) is 0 Å². The summed E-state index contributed by atoms with van der Waals surface area (Å²) in [5.41, 5.74) is 2.96. The van der Waals surface area contributed by atoms with Gasteiger partial charge in [-0.1, -0.05) is 47.5 Å². The molecule has 0 atom stereocenters. The Morgan fingerprint density at radius 1 is 1.00 bits per heavy atom. The van der Waals surface area contributed by atoms with Crippen molar-refractivity contribution in [1.29, 1.82) is 0 Å². The molecule has 0 aliphatic heterocycles. The van der Waals surface area contributed by atoms with E-state index < -0.39 is 0 Å². The number of fused-ring (bicyclic) bond motifs is 1. The lowest BCUT2D eigenvalue weighted by molar-refractivity contribution is 0.100. The van der Waals surface area contributed by atoms with Crippen LogP contribution in [0.25, 0.3) is 22.4 Å². The fourth-order valence-electron chi connectivity index (χ4n) is 3.43. The lowest BCUT2D eigenvalue weighted by Gasteiger charge is -2.08. The van der Waals surface area contributed by atoms with Gasteiger partial charge in [0, 0.05) is 51.6 Å². The summed E-state index contributed by atoms with van der Waals surface area (Å²) in [6.45, 7) is 0.482. The Hall–Kier alpha value is -3.48. The van der Waals surface area contributed by atoms with Gasteiger partial charge in [0.25, 0.3) is 11.7 Å². The summed E-state index contributed by atoms with van der Waals surface area (Å²) in [5.74, 6) is -0.147. The molecule has 31 heavy (non-hydrogen) atoms. The molecule has 3 heterocycles. The molecule has 8 heteroatoms. The van der Waals surface area contributed by atoms with E-state index in [0.29, 0.717) is 27.7 Å². The van der Waals surface area contributed by atoms with Crippen LogP contribution in [0.5, 0.6) is 0 Å². The summed E-state index contributed by atoms with van der Waals surface area (Å²) in [6, 6.07) is 16.5. The Kier molecular flexibility index (Phi) is 5.02. The molecule has 6 nitrogen and oxygen atoms in total. The molecule has 152 valence electrons. The Morgan fingerprint density at radius 2 is 1.81 bits per heavy atom. The highest BCUT2D eigenvalue weighted by Crippen LogP contribution is 2.28. The maximum absolute atomic E-state index is 13.2. The van der Waals surface area contributed by atoms with Gasteiger partial charge in [0.2, 0.25) is 5.89 Å². The molecule has 0 aliphatic carbocycles. The number of halogens is 2. The molecule has 5 rings (SSSR count). The number of benzene rings is 2. The van der Waals surface area contributed by atoms with Crippen molar-refractivity contribution in [1.82, 2.24) is 19.7 Å². The first-order valence-electron chi connectivity index (χ1n) is 9.40. The number of ketones is 1. The molecule has 0 amide bonds. The van der Waals surface area contributed by atoms with E-state index in [2.05, 4.69) is 15.2 Å². The number of hydrogen-bond acceptors (Lipinski definition) is 5. The fourth-order valence-corrected chi connectivity index (χ4v) is 3.90. The van der Waals surface area contributed by atoms with Gasteiger partial charge >= 0.3 is 0 Å². The van der Waals surface area contributed by atoms with E-state index >= 15 is 0 Å². The zero-order chi connectivity index (χ0) is 21.4. The van der Waals surface area contributed by atoms with E-state index in [0.717, 1.165) is 16.5 Å². The topological polar surface area (TPSA) is 73.8 Å². The van der Waals surface area contributed by atoms with Crippen LogP contribution in [-0.2, 0) is 6.54 Å². The zero-order valence-corrected chi connectivity index (χ0v) is 17.5. The Morgan fingerprint density at radius 3 is 2.61 bits per heavy atom. The fraction of sp³-hybridized carbons (Fsp3) is 0.0435. The molecule has 0 saturated heterocycles. The van der Waals surface area contributed by atoms with E-state index in [1.54, 1.807) is 42.9 Å². The van der Waals surface area contributed by atoms with Gasteiger partial charge in [-0.3, -0.25) is 9.78 Å². The van der Waals surface area contributed by atoms with E-state index in [1.165, 1.54) is 0 Å². The number of carbonyl (C=O) groups is 1. The van der Waals surface area contributed by atoms with Crippen molar-refractivity contribution in [3.63, 3.8) is 0 Å². The summed E-state index contributed by atoms with van der Waals surface area (Å²) in [7, 11) is 0. The van der Waals surface area contributed by atoms with Gasteiger partial charge in [-0.15, -0.1) is 10.2 Å². The summed E-state index contributed by atoms with van der Waals surface area (Å²) < 4.78 is 7.62. The minimum atomic E-state index is -0.343. The van der Waals surface area contributed by atoms with Crippen molar-refractivity contribution in [2.45, 2.75) is 6.54 Å². The number of para-hydroxylation sites is 1. The molecule has 0 aliphatic rings. The lowest BCUT2D eigenvalue weighted by atomic mass is 10.1. The second-order valence-corrected chi connectivity index (χ2v) is 7.74. The molecule has 0 spiro atoms. The minimum absolute atomic E-state index is 0.0701. The van der Waals surface area contributed by atoms with Crippen molar-refractivity contribution >= 4 is 39.9 Å². The van der Waals surface area contributed by atoms with Crippen molar-refractivity contribution in [3.8, 4) is 11.5 Å². The number of rotatable bonds is 5. The summed E-state index contributed by atoms with van der Waals surface area (Å²) >= 11 is 12.4. The average molecular weight is 449 g/mol. The molecule has 3 aromatic heterocycles. The van der Waals surface area contributed by atoms with Crippen LogP contribution in [0.15, 0.2) is 77.6 Å². The number of pyridine rings is 1. The van der Waals surface area contributed by atoms with Gasteiger partial charge in [-0.05, 0) is 35.9 Å². The smallest absolute Gasteiger partial charge is 0.289 e. The summed E-state index contributed by atoms with van der Waals surface area (Å²) in [6.07, 6.45) is 5.03. The van der Waals surface area contributed by atoms with Gasteiger partial charge in [-0.2, -0.15) is 0 Å². The van der Waals surface area contributed by atoms with Crippen LogP contribution in [0.3, 0.4) is 0 Å². The third-order valence-corrected chi connectivity index (χ3v) is 5.52. The second kappa shape index (κ2) is 7.98. The predicted molar refractivity (Wildman–Crippen MR) is 118 cm³/mol. The highest BCUT2D eigenvalue weighted by molar-refractivity contribution is 6.35. The molecule has 0 radical (unpaired) electrons. The monoisotopic (exact) mass is 448 g/mol. The second-order valence-electron chi connectivity index (χ2n) is 6.90. The van der Waals surface area contributed by atoms with Gasteiger partial charge in [0.15, 0.2) is 0 Å². The molecule has 0 fully saturated rings. The SMILES string of the molecule is O=C(c1nnc(-c2ccncc2)o1)c1cn(Cc2ccc(Cl)cc2Cl)c2ccccc12. The van der Waals surface area contributed by atoms with Gasteiger partial charge < -0.3 is 8.98 Å². The van der Waals surface area contributed by atoms with Crippen LogP contribution in [0, 0.1) is 0 Å². The molecule has 0 unspecified atom stereocenters. The predicted octanol–water partition coefficient (Wildman–Crippen LogP) is 5.67. The summed E-state index contributed by atoms with van der Waals surface area (Å²) in [5, 5.41) is 9.90. The van der Waals surface area contributed by atoms with Crippen LogP contribution in [0.4, 0.5) is 0 Å². The largest absolute Gasteiger partial charge is 0.413 e. The summed E-state index contributed by atoms with van der Waals surface area (Å²) in [4.78, 5) is 17.2. The maximum atomic E-state index is 13.2. The van der Waals surface area contributed by atoms with Crippen LogP contribution < -0.4 is 0 Å². The first kappa shape index (κ1) is 19.5. The van der Waals surface area contributed by atoms with Crippen LogP contribution in [-0.4, -0.2) is 25.5 Å². The van der Waals surface area contributed by atoms with Crippen LogP contribution in [0.2, 0.25) is 10.0 Å². The number of nitrogens with zero attached hydrogens (tertiary/aromatic N) is 4. The van der Waals surface area contributed by atoms with E-state index in [1.807, 2.05) is 34.9 Å². The number of carbonyl (C=O) groups excluding carboxylic acids is 1. The molecule has 2 aromatic carbocycles. The Balaban J connectivity index is 1.53. The van der Waals surface area contributed by atoms with E-state index in [-0.39, 0.29) is 17.6 Å². The quantitative estimate of drug-likeness (QED) is 0.323. The first-order valence-corrected chi connectivity index (χ1v) is 10.2. The third kappa shape index (κ3) is 3.71. The van der Waals surface area contributed by atoms with Gasteiger partial charge in [-0.25, -0.2) is 0 Å². The van der Waals surface area contributed by atoms with Crippen LogP contribution in [0.1, 0.15) is 21.8 Å². The van der Waals surface area contributed by atoms with E-state index in [4.69, 9.17) is 27.6 Å². The molecule has 0 bridgehead atoms. The van der Waals surface area contributed by atoms with Crippen molar-refractivity contribution < 1.29 is 9.21 Å². The Labute approximate surface area is 187 Å². The normalized spacial score (nSPS) is 11.2. The number of aromatic nitrogens is 4. The average Bonchev–Trinajstić information content (AvgIpc) is 3.42. The van der Waals surface area contributed by atoms with Gasteiger partial charge in [0.1, 0.15) is 0 Å². The zero-order valence-electron chi connectivity index (χ0n) is 16.0. The molecule has 5 aromatic rings. The van der Waals surface area contributed by atoms with E-state index in [9.17, 15) is 4.79 Å². The first-order chi connectivity index (χ1) is 15.1. The molecular weight excluding hydrogens is 435 g/mol. The minimum Gasteiger partial charge on any atom is -0.413 e. The van der Waals surface area contributed by atoms with Gasteiger partial charge in [0.05, 0.1) is 5.56 Å². The molecular formula is C23H14Cl2N4O2. The van der Waals surface area contributed by atoms with Crippen molar-refractivity contribution in [3.05, 3.63) is 100 Å². The third-order valence-electron chi connectivity index (χ3n) is 4.94. The standard InChI is InChI=1S/C23H14Cl2N4O2/c24-16-6-5-15(19(25)11-16)12-29-13-18(17-3-1-2-4-20(17)29)21(30)23-28-27-22(31-23)14-7-9-26-10-8-14/h1-11,13H,12H2. The Bertz CT molecular complexity index is 1410. The highest BCUT2D eigenvalue weighted by Gasteiger charge is 2.22. The number of hydrogen-bond donors (Lipinski definition) is 0. The molecule has 0 saturated carbocycles. The van der Waals surface area contributed by atoms with Crippen molar-refractivity contribution in [2.75, 3.05) is 0 Å². The highest BCUT2D eigenvalue weighted by atomic mass is 35.5. The molecule has 0 N–H and O–H groups in total.